The van der Waals surface area contributed by atoms with Gasteiger partial charge in [-0.3, -0.25) is 4.79 Å². The van der Waals surface area contributed by atoms with Crippen molar-refractivity contribution in [3.63, 3.8) is 0 Å². The molecule has 1 aromatic carbocycles. The van der Waals surface area contributed by atoms with Gasteiger partial charge < -0.3 is 14.6 Å². The summed E-state index contributed by atoms with van der Waals surface area (Å²) >= 11 is 1.49. The predicted molar refractivity (Wildman–Crippen MR) is 122 cm³/mol. The van der Waals surface area contributed by atoms with E-state index in [-0.39, 0.29) is 5.91 Å². The smallest absolute Gasteiger partial charge is 0.222 e. The highest BCUT2D eigenvalue weighted by Gasteiger charge is 2.23. The number of fused-ring (bicyclic) bond motifs is 2. The van der Waals surface area contributed by atoms with E-state index in [1.165, 1.54) is 16.2 Å². The molecule has 0 atom stereocenters. The molecule has 0 unspecified atom stereocenters. The number of benzene rings is 1. The van der Waals surface area contributed by atoms with E-state index in [2.05, 4.69) is 31.1 Å². The number of hydrogen-bond acceptors (Lipinski definition) is 8. The average Bonchev–Trinajstić information content (AvgIpc) is 3.45. The molecule has 162 valence electrons. The van der Waals surface area contributed by atoms with E-state index in [4.69, 9.17) is 11.3 Å². The molecular formula is C22H21N7O2S. The number of terminal acetylenes is 1. The van der Waals surface area contributed by atoms with Crippen molar-refractivity contribution in [2.75, 3.05) is 37.7 Å². The second kappa shape index (κ2) is 8.80. The van der Waals surface area contributed by atoms with Crippen molar-refractivity contribution in [3.05, 3.63) is 41.5 Å². The fraction of sp³-hybridized carbons (Fsp3) is 0.318. The van der Waals surface area contributed by atoms with Crippen LogP contribution in [0.5, 0.6) is 0 Å². The van der Waals surface area contributed by atoms with Crippen LogP contribution in [0, 0.1) is 12.3 Å². The lowest BCUT2D eigenvalue weighted by Crippen LogP contribution is -2.49. The molecule has 3 aromatic heterocycles. The van der Waals surface area contributed by atoms with Crippen molar-refractivity contribution in [2.24, 2.45) is 0 Å². The maximum atomic E-state index is 12.6. The molecule has 1 aliphatic heterocycles. The van der Waals surface area contributed by atoms with Gasteiger partial charge in [-0.25, -0.2) is 9.97 Å². The molecule has 1 saturated heterocycles. The number of piperazine rings is 1. The van der Waals surface area contributed by atoms with Gasteiger partial charge in [0, 0.05) is 32.6 Å². The highest BCUT2D eigenvalue weighted by Crippen LogP contribution is 2.30. The Balaban J connectivity index is 1.12. The number of rotatable bonds is 6. The average molecular weight is 448 g/mol. The van der Waals surface area contributed by atoms with Crippen LogP contribution in [0.4, 0.5) is 5.82 Å². The van der Waals surface area contributed by atoms with E-state index in [9.17, 15) is 4.79 Å². The zero-order valence-electron chi connectivity index (χ0n) is 17.3. The van der Waals surface area contributed by atoms with Crippen LogP contribution in [0.1, 0.15) is 17.7 Å². The molecule has 1 aliphatic rings. The number of thiophene rings is 1. The number of anilines is 1. The molecule has 0 bridgehead atoms. The molecule has 4 heterocycles. The Morgan fingerprint density at radius 1 is 1.19 bits per heavy atom. The van der Waals surface area contributed by atoms with Gasteiger partial charge in [-0.1, -0.05) is 22.9 Å². The summed E-state index contributed by atoms with van der Waals surface area (Å²) < 4.78 is 0. The molecule has 0 radical (unpaired) electrons. The van der Waals surface area contributed by atoms with Crippen LogP contribution in [-0.4, -0.2) is 68.7 Å². The monoisotopic (exact) mass is 447 g/mol. The van der Waals surface area contributed by atoms with E-state index >= 15 is 0 Å². The summed E-state index contributed by atoms with van der Waals surface area (Å²) in [6.45, 7) is 3.16. The van der Waals surface area contributed by atoms with Crippen molar-refractivity contribution in [3.8, 4) is 12.3 Å². The highest BCUT2D eigenvalue weighted by atomic mass is 32.1. The second-order valence-electron chi connectivity index (χ2n) is 7.43. The zero-order chi connectivity index (χ0) is 21.9. The molecule has 0 spiro atoms. The maximum Gasteiger partial charge on any atom is 0.222 e. The highest BCUT2D eigenvalue weighted by molar-refractivity contribution is 7.19. The summed E-state index contributed by atoms with van der Waals surface area (Å²) in [6.07, 6.45) is 8.15. The number of hydrogen-bond donors (Lipinski definition) is 0. The van der Waals surface area contributed by atoms with Crippen LogP contribution in [0.25, 0.3) is 21.3 Å². The summed E-state index contributed by atoms with van der Waals surface area (Å²) in [6, 6.07) is 9.56. The van der Waals surface area contributed by atoms with E-state index in [0.29, 0.717) is 32.5 Å². The molecule has 0 saturated carbocycles. The van der Waals surface area contributed by atoms with E-state index in [0.717, 1.165) is 45.0 Å². The maximum absolute atomic E-state index is 12.6. The minimum absolute atomic E-state index is 0.134. The first-order valence-corrected chi connectivity index (χ1v) is 11.2. The van der Waals surface area contributed by atoms with Gasteiger partial charge in [-0.2, -0.15) is 0 Å². The number of carbonyl (C=O) groups is 1. The molecule has 1 amide bonds. The lowest BCUT2D eigenvalue weighted by Gasteiger charge is -2.35. The normalized spacial score (nSPS) is 14.1. The van der Waals surface area contributed by atoms with Gasteiger partial charge in [-0.15, -0.1) is 22.9 Å². The van der Waals surface area contributed by atoms with E-state index in [1.807, 2.05) is 35.2 Å². The SMILES string of the molecule is C#Cc1cc2c(N3CCN(C(=O)CCCOn4nnc5ccccc54)CC3)ncnc2s1. The van der Waals surface area contributed by atoms with Crippen LogP contribution < -0.4 is 9.74 Å². The molecule has 0 aliphatic carbocycles. The van der Waals surface area contributed by atoms with Gasteiger partial charge >= 0.3 is 0 Å². The van der Waals surface area contributed by atoms with Crippen LogP contribution >= 0.6 is 11.3 Å². The Hall–Kier alpha value is -3.71. The van der Waals surface area contributed by atoms with Crippen molar-refractivity contribution in [1.82, 2.24) is 30.0 Å². The molecule has 1 fully saturated rings. The number of amides is 1. The largest absolute Gasteiger partial charge is 0.395 e. The van der Waals surface area contributed by atoms with Crippen molar-refractivity contribution in [1.29, 1.82) is 0 Å². The summed E-state index contributed by atoms with van der Waals surface area (Å²) in [7, 11) is 0. The van der Waals surface area contributed by atoms with Gasteiger partial charge in [0.05, 0.1) is 10.3 Å². The number of para-hydroxylation sites is 1. The third-order valence-corrected chi connectivity index (χ3v) is 6.43. The third-order valence-electron chi connectivity index (χ3n) is 5.45. The fourth-order valence-corrected chi connectivity index (χ4v) is 4.61. The van der Waals surface area contributed by atoms with Crippen LogP contribution in [0.15, 0.2) is 36.7 Å². The third kappa shape index (κ3) is 3.94. The standard InChI is InChI=1S/C22H21N7O2S/c1-2-16-14-17-21(23-15-24-22(17)32-16)28-11-9-27(10-12-28)20(30)8-5-13-31-29-19-7-4-3-6-18(19)25-26-29/h1,3-4,6-7,14-15H,5,8-13H2. The van der Waals surface area contributed by atoms with Crippen LogP contribution in [0.3, 0.4) is 0 Å². The van der Waals surface area contributed by atoms with E-state index < -0.39 is 0 Å². The Bertz CT molecular complexity index is 1300. The molecule has 32 heavy (non-hydrogen) atoms. The summed E-state index contributed by atoms with van der Waals surface area (Å²) in [5.74, 6) is 3.69. The van der Waals surface area contributed by atoms with Crippen molar-refractivity contribution in [2.45, 2.75) is 12.8 Å². The van der Waals surface area contributed by atoms with Gasteiger partial charge in [0.25, 0.3) is 0 Å². The topological polar surface area (TPSA) is 89.3 Å². The van der Waals surface area contributed by atoms with Crippen LogP contribution in [0.2, 0.25) is 0 Å². The molecular weight excluding hydrogens is 426 g/mol. The minimum Gasteiger partial charge on any atom is -0.395 e. The van der Waals surface area contributed by atoms with Gasteiger partial charge in [-0.05, 0) is 29.8 Å². The van der Waals surface area contributed by atoms with Crippen molar-refractivity contribution < 1.29 is 9.63 Å². The van der Waals surface area contributed by atoms with Crippen LogP contribution in [-0.2, 0) is 4.79 Å². The molecule has 5 rings (SSSR count). The molecule has 10 heteroatoms. The minimum atomic E-state index is 0.134. The molecule has 9 nitrogen and oxygen atoms in total. The number of carbonyl (C=O) groups excluding carboxylic acids is 1. The predicted octanol–water partition coefficient (Wildman–Crippen LogP) is 1.97. The number of nitrogens with zero attached hydrogens (tertiary/aromatic N) is 7. The first-order valence-electron chi connectivity index (χ1n) is 10.4. The summed E-state index contributed by atoms with van der Waals surface area (Å²) in [5, 5.41) is 9.02. The van der Waals surface area contributed by atoms with Gasteiger partial charge in [0.15, 0.2) is 0 Å². The summed E-state index contributed by atoms with van der Waals surface area (Å²) in [5.41, 5.74) is 1.59. The first kappa shape index (κ1) is 20.2. The van der Waals surface area contributed by atoms with Crippen molar-refractivity contribution >= 4 is 44.3 Å². The van der Waals surface area contributed by atoms with Gasteiger partial charge in [0.1, 0.15) is 34.6 Å². The Labute approximate surface area is 188 Å². The zero-order valence-corrected chi connectivity index (χ0v) is 18.2. The molecule has 0 N–H and O–H groups in total. The fourth-order valence-electron chi connectivity index (χ4n) is 3.81. The van der Waals surface area contributed by atoms with E-state index in [1.54, 1.807) is 6.33 Å². The number of aromatic nitrogens is 5. The Morgan fingerprint density at radius 2 is 2.03 bits per heavy atom. The van der Waals surface area contributed by atoms with Gasteiger partial charge in [0.2, 0.25) is 5.91 Å². The first-order chi connectivity index (χ1) is 15.7. The summed E-state index contributed by atoms with van der Waals surface area (Å²) in [4.78, 5) is 34.3. The Morgan fingerprint density at radius 3 is 2.88 bits per heavy atom. The quantitative estimate of drug-likeness (QED) is 0.330. The Kier molecular flexibility index (Phi) is 5.56. The second-order valence-corrected chi connectivity index (χ2v) is 8.46. The lowest BCUT2D eigenvalue weighted by molar-refractivity contribution is -0.131. The molecule has 4 aromatic rings. The lowest BCUT2D eigenvalue weighted by atomic mass is 10.2.